The van der Waals surface area contributed by atoms with Gasteiger partial charge in [-0.1, -0.05) is 170 Å². The predicted octanol–water partition coefficient (Wildman–Crippen LogP) is 11.9. The second-order valence-electron chi connectivity index (χ2n) is 14.0. The highest BCUT2D eigenvalue weighted by atomic mass is 14.6. The van der Waals surface area contributed by atoms with E-state index in [4.69, 9.17) is 0 Å². The van der Waals surface area contributed by atoms with Crippen molar-refractivity contribution in [2.24, 2.45) is 0 Å². The van der Waals surface area contributed by atoms with Crippen LogP contribution in [0.3, 0.4) is 0 Å². The lowest BCUT2D eigenvalue weighted by atomic mass is 9.52. The largest absolute Gasteiger partial charge is 0.0720 e. The molecule has 228 valence electrons. The molecule has 8 aromatic carbocycles. The van der Waals surface area contributed by atoms with E-state index >= 15 is 0 Å². The van der Waals surface area contributed by atoms with Gasteiger partial charge in [0, 0.05) is 0 Å². The van der Waals surface area contributed by atoms with E-state index < -0.39 is 10.8 Å². The summed E-state index contributed by atoms with van der Waals surface area (Å²) < 4.78 is 0. The first-order chi connectivity index (χ1) is 24.2. The molecular formula is C49H32. The lowest BCUT2D eigenvalue weighted by Gasteiger charge is -2.49. The minimum atomic E-state index is -0.481. The molecule has 0 saturated heterocycles. The molecule has 49 heavy (non-hydrogen) atoms. The first-order valence-corrected chi connectivity index (χ1v) is 17.4. The molecule has 0 unspecified atom stereocenters. The summed E-state index contributed by atoms with van der Waals surface area (Å²) in [7, 11) is 0. The molecule has 8 aromatic rings. The van der Waals surface area contributed by atoms with E-state index in [-0.39, 0.29) is 0 Å². The van der Waals surface area contributed by atoms with Crippen molar-refractivity contribution in [2.75, 3.05) is 0 Å². The first-order valence-electron chi connectivity index (χ1n) is 17.4. The SMILES string of the molecule is Cc1ccc2ccccc2c1-c1ccc2c(c1)C1(c3ccccc3-c3ccccc31)c1ccccc1C21c2ccccc2-c2ccccc21. The number of rotatable bonds is 1. The third kappa shape index (κ3) is 3.16. The van der Waals surface area contributed by atoms with E-state index in [0.29, 0.717) is 0 Å². The van der Waals surface area contributed by atoms with Crippen molar-refractivity contribution in [3.05, 3.63) is 226 Å². The Bertz CT molecular complexity index is 2600. The van der Waals surface area contributed by atoms with Gasteiger partial charge in [-0.15, -0.1) is 0 Å². The maximum Gasteiger partial charge on any atom is 0.0720 e. The molecule has 0 heteroatoms. The zero-order valence-corrected chi connectivity index (χ0v) is 27.2. The van der Waals surface area contributed by atoms with Gasteiger partial charge < -0.3 is 0 Å². The summed E-state index contributed by atoms with van der Waals surface area (Å²) >= 11 is 0. The second-order valence-corrected chi connectivity index (χ2v) is 14.0. The van der Waals surface area contributed by atoms with Crippen molar-refractivity contribution in [1.29, 1.82) is 0 Å². The van der Waals surface area contributed by atoms with E-state index in [9.17, 15) is 0 Å². The van der Waals surface area contributed by atoms with Gasteiger partial charge in [-0.25, -0.2) is 0 Å². The molecule has 2 spiro atoms. The van der Waals surface area contributed by atoms with Gasteiger partial charge in [0.05, 0.1) is 10.8 Å². The zero-order valence-electron chi connectivity index (χ0n) is 27.2. The van der Waals surface area contributed by atoms with Crippen LogP contribution in [0.1, 0.15) is 50.1 Å². The van der Waals surface area contributed by atoms with Gasteiger partial charge in [-0.2, -0.15) is 0 Å². The highest BCUT2D eigenvalue weighted by Gasteiger charge is 2.58. The third-order valence-electron chi connectivity index (χ3n) is 11.9. The van der Waals surface area contributed by atoms with Crippen LogP contribution in [-0.4, -0.2) is 0 Å². The Hall–Kier alpha value is -5.98. The van der Waals surface area contributed by atoms with Crippen LogP contribution in [0.15, 0.2) is 176 Å². The summed E-state index contributed by atoms with van der Waals surface area (Å²) in [6.45, 7) is 2.26. The normalized spacial score (nSPS) is 15.0. The van der Waals surface area contributed by atoms with Gasteiger partial charge >= 0.3 is 0 Å². The number of hydrogen-bond acceptors (Lipinski definition) is 0. The van der Waals surface area contributed by atoms with Crippen LogP contribution in [0.2, 0.25) is 0 Å². The Morgan fingerprint density at radius 1 is 0.327 bits per heavy atom. The fraction of sp³-hybridized carbons (Fsp3) is 0.0612. The molecule has 0 aromatic heterocycles. The molecule has 11 rings (SSSR count). The van der Waals surface area contributed by atoms with Crippen molar-refractivity contribution < 1.29 is 0 Å². The monoisotopic (exact) mass is 620 g/mol. The first kappa shape index (κ1) is 27.0. The summed E-state index contributed by atoms with van der Waals surface area (Å²) in [5.74, 6) is 0. The molecule has 0 amide bonds. The van der Waals surface area contributed by atoms with Crippen molar-refractivity contribution in [1.82, 2.24) is 0 Å². The van der Waals surface area contributed by atoms with E-state index in [0.717, 1.165) is 0 Å². The topological polar surface area (TPSA) is 0 Å². The van der Waals surface area contributed by atoms with Gasteiger partial charge in [0.2, 0.25) is 0 Å². The number of hydrogen-bond donors (Lipinski definition) is 0. The van der Waals surface area contributed by atoms with Crippen molar-refractivity contribution in [3.8, 4) is 33.4 Å². The average molecular weight is 621 g/mol. The summed E-state index contributed by atoms with van der Waals surface area (Å²) in [4.78, 5) is 0. The molecule has 0 N–H and O–H groups in total. The second kappa shape index (κ2) is 9.56. The molecule has 0 aliphatic heterocycles. The molecule has 0 radical (unpaired) electrons. The Morgan fingerprint density at radius 3 is 1.27 bits per heavy atom. The lowest BCUT2D eigenvalue weighted by molar-refractivity contribution is 0.633. The Labute approximate surface area is 287 Å². The van der Waals surface area contributed by atoms with E-state index in [1.165, 1.54) is 94.2 Å². The van der Waals surface area contributed by atoms with Crippen LogP contribution in [0, 0.1) is 6.92 Å². The smallest absolute Gasteiger partial charge is 0.0619 e. The predicted molar refractivity (Wildman–Crippen MR) is 202 cm³/mol. The molecular weight excluding hydrogens is 589 g/mol. The maximum absolute atomic E-state index is 2.57. The van der Waals surface area contributed by atoms with Crippen molar-refractivity contribution in [2.45, 2.75) is 17.8 Å². The zero-order chi connectivity index (χ0) is 32.3. The highest BCUT2D eigenvalue weighted by Crippen LogP contribution is 2.67. The number of benzene rings is 8. The molecule has 3 aliphatic carbocycles. The maximum atomic E-state index is 2.57. The summed E-state index contributed by atoms with van der Waals surface area (Å²) in [5.41, 5.74) is 19.2. The van der Waals surface area contributed by atoms with E-state index in [1.807, 2.05) is 0 Å². The highest BCUT2D eigenvalue weighted by molar-refractivity contribution is 6.00. The van der Waals surface area contributed by atoms with E-state index in [2.05, 4.69) is 183 Å². The molecule has 0 nitrogen and oxygen atoms in total. The summed E-state index contributed by atoms with van der Waals surface area (Å²) in [6.07, 6.45) is 0. The molecule has 0 bridgehead atoms. The molecule has 0 atom stereocenters. The quantitative estimate of drug-likeness (QED) is 0.171. The van der Waals surface area contributed by atoms with E-state index in [1.54, 1.807) is 0 Å². The third-order valence-corrected chi connectivity index (χ3v) is 11.9. The van der Waals surface area contributed by atoms with Crippen LogP contribution in [0.5, 0.6) is 0 Å². The molecule has 0 saturated carbocycles. The Balaban J connectivity index is 1.37. The van der Waals surface area contributed by atoms with Crippen LogP contribution in [0.4, 0.5) is 0 Å². The van der Waals surface area contributed by atoms with Crippen LogP contribution in [0.25, 0.3) is 44.2 Å². The van der Waals surface area contributed by atoms with Crippen molar-refractivity contribution in [3.63, 3.8) is 0 Å². The minimum absolute atomic E-state index is 0.455. The van der Waals surface area contributed by atoms with Crippen LogP contribution >= 0.6 is 0 Å². The lowest BCUT2D eigenvalue weighted by Crippen LogP contribution is -2.43. The van der Waals surface area contributed by atoms with Gasteiger partial charge in [-0.3, -0.25) is 0 Å². The number of aryl methyl sites for hydroxylation is 1. The minimum Gasteiger partial charge on any atom is -0.0619 e. The summed E-state index contributed by atoms with van der Waals surface area (Å²) in [5, 5.41) is 2.57. The fourth-order valence-corrected chi connectivity index (χ4v) is 10.2. The van der Waals surface area contributed by atoms with Crippen LogP contribution < -0.4 is 0 Å². The van der Waals surface area contributed by atoms with Gasteiger partial charge in [0.25, 0.3) is 0 Å². The summed E-state index contributed by atoms with van der Waals surface area (Å²) in [6, 6.07) is 66.8. The van der Waals surface area contributed by atoms with Gasteiger partial charge in [-0.05, 0) is 107 Å². The Morgan fingerprint density at radius 2 is 0.735 bits per heavy atom. The fourth-order valence-electron chi connectivity index (χ4n) is 10.2. The number of fused-ring (bicyclic) bond motifs is 17. The average Bonchev–Trinajstić information content (AvgIpc) is 3.63. The molecule has 0 heterocycles. The molecule has 0 fully saturated rings. The molecule has 3 aliphatic rings. The Kier molecular flexibility index (Phi) is 5.27. The van der Waals surface area contributed by atoms with Crippen molar-refractivity contribution >= 4 is 10.8 Å². The van der Waals surface area contributed by atoms with Gasteiger partial charge in [0.15, 0.2) is 0 Å². The van der Waals surface area contributed by atoms with Crippen LogP contribution in [-0.2, 0) is 10.8 Å². The standard InChI is InChI=1S/C49H32/c1-31-26-27-32-14-2-3-15-34(32)47(31)33-28-29-45-46(30-33)49(41-22-10-6-18-37(41)38-19-7-11-23-42(38)49)44-25-13-12-24-43(44)48(45)39-20-8-4-16-35(39)36-17-5-9-21-40(36)48/h2-30H,1H3. The van der Waals surface area contributed by atoms with Gasteiger partial charge in [0.1, 0.15) is 0 Å².